The van der Waals surface area contributed by atoms with Crippen LogP contribution in [0.2, 0.25) is 0 Å². The molecule has 44 heteroatoms. The van der Waals surface area contributed by atoms with Crippen LogP contribution in [0.25, 0.3) is 33.1 Å². The number of phenols is 1. The zero-order valence-corrected chi connectivity index (χ0v) is 81.4. The molecule has 7 aromatic rings. The third-order valence-electron chi connectivity index (χ3n) is 25.5. The molecule has 3 aliphatic rings. The highest BCUT2D eigenvalue weighted by Crippen LogP contribution is 2.34. The number of likely N-dealkylation sites (N-methyl/N-ethyl adjacent to an activating group) is 3. The van der Waals surface area contributed by atoms with Gasteiger partial charge in [0.05, 0.1) is 31.7 Å². The lowest BCUT2D eigenvalue weighted by Crippen LogP contribution is -2.62. The number of amides is 17. The van der Waals surface area contributed by atoms with E-state index >= 15 is 43.2 Å². The fourth-order valence-electron chi connectivity index (χ4n) is 17.7. The molecule has 3 aromatic heterocycles. The summed E-state index contributed by atoms with van der Waals surface area (Å²) in [6, 6.07) is 7.64. The van der Waals surface area contributed by atoms with Gasteiger partial charge in [0, 0.05) is 118 Å². The van der Waals surface area contributed by atoms with Gasteiger partial charge in [0.25, 0.3) is 0 Å². The number of aromatic amines is 3. The van der Waals surface area contributed by atoms with Crippen molar-refractivity contribution in [3.05, 3.63) is 144 Å². The van der Waals surface area contributed by atoms with Crippen LogP contribution in [0.4, 0.5) is 0 Å². The summed E-state index contributed by atoms with van der Waals surface area (Å²) in [5.41, 5.74) is 21.2. The third-order valence-corrected chi connectivity index (χ3v) is 26.5. The normalized spacial score (nSPS) is 23.7. The Labute approximate surface area is 820 Å². The second kappa shape index (κ2) is 52.0. The highest BCUT2D eigenvalue weighted by molar-refractivity contribution is 8.00. The van der Waals surface area contributed by atoms with Crippen molar-refractivity contribution in [2.24, 2.45) is 23.1 Å². The van der Waals surface area contributed by atoms with Gasteiger partial charge in [0.15, 0.2) is 5.96 Å². The first-order valence-corrected chi connectivity index (χ1v) is 48.7. The molecule has 141 heavy (non-hydrogen) atoms. The zero-order valence-electron chi connectivity index (χ0n) is 80.5. The van der Waals surface area contributed by atoms with E-state index in [0.29, 0.717) is 81.1 Å². The second-order valence-corrected chi connectivity index (χ2v) is 37.3. The molecular weight excluding hydrogens is 1840 g/mol. The molecule has 0 bridgehead atoms. The molecule has 14 atom stereocenters. The number of aromatic hydroxyl groups is 1. The van der Waals surface area contributed by atoms with Crippen LogP contribution in [0.5, 0.6) is 5.75 Å². The number of hydrogen-bond acceptors (Lipinski definition) is 22. The first-order valence-electron chi connectivity index (χ1n) is 47.6. The number of H-pyrrole nitrogens is 3. The number of fused-ring (bicyclic) bond motifs is 4. The molecule has 4 aromatic carbocycles. The average molecular weight is 1970 g/mol. The highest BCUT2D eigenvalue weighted by Gasteiger charge is 2.46. The van der Waals surface area contributed by atoms with Crippen molar-refractivity contribution < 1.29 is 91.7 Å². The van der Waals surface area contributed by atoms with E-state index in [1.807, 2.05) is 56.3 Å². The number of unbranched alkanes of at least 4 members (excludes halogenated alkanes) is 2. The van der Waals surface area contributed by atoms with Gasteiger partial charge in [-0.25, -0.2) is 4.98 Å². The number of carbonyl (C=O) groups is 17. The SMILES string of the molecule is CCCC[C@H]1C(=O)N(C)[C@@H](CCCC)C(=O)N[C@@H](CCCNC(=N)N)C(=O)N[C@H](C(=O)NCC(N)=O)CSCC(=O)N[C@@H](Cc2ccc(O)cc2)C(=O)N(C)[C@@H](C)C(=O)NC(CC(N)=O)C(=O)N2CCC[C@H]2C(=O)N[C@@H](Cc2cnc[nH]2)C(=O)N[C@@H](CC(C)C)C(=O)N2CCC[C@H]2C(=O)N[C@@H](Cc2c[nH]c3ccccc23)C(=O)N[C@@H](CO)C(=O)N[C@@H](Cc2c(-c3ccccc3)[nH]c3ccccc23)C(=O)N1C. The van der Waals surface area contributed by atoms with E-state index in [4.69, 9.17) is 22.6 Å². The van der Waals surface area contributed by atoms with Gasteiger partial charge in [0.2, 0.25) is 100 Å². The van der Waals surface area contributed by atoms with Gasteiger partial charge in [0.1, 0.15) is 90.3 Å². The predicted octanol–water partition coefficient (Wildman–Crippen LogP) is -0.233. The number of nitrogens with zero attached hydrogens (tertiary/aromatic N) is 6. The molecule has 0 spiro atoms. The van der Waals surface area contributed by atoms with Crippen LogP contribution in [-0.4, -0.2) is 311 Å². The molecule has 17 amide bonds. The second-order valence-electron chi connectivity index (χ2n) is 36.3. The van der Waals surface area contributed by atoms with Gasteiger partial charge >= 0.3 is 0 Å². The first-order chi connectivity index (χ1) is 67.4. The average Bonchev–Trinajstić information content (AvgIpc) is 1.62. The predicted molar refractivity (Wildman–Crippen MR) is 524 cm³/mol. The molecule has 760 valence electrons. The van der Waals surface area contributed by atoms with Crippen molar-refractivity contribution in [3.8, 4) is 17.0 Å². The fraction of sp³-hybridized carbons (Fsp3) is 0.495. The number of rotatable bonds is 27. The van der Waals surface area contributed by atoms with E-state index in [0.717, 1.165) is 26.5 Å². The van der Waals surface area contributed by atoms with Crippen molar-refractivity contribution in [2.45, 2.75) is 235 Å². The molecule has 3 aliphatic heterocycles. The number of thioether (sulfide) groups is 1. The third kappa shape index (κ3) is 29.8. The van der Waals surface area contributed by atoms with Crippen LogP contribution in [0.3, 0.4) is 0 Å². The summed E-state index contributed by atoms with van der Waals surface area (Å²) in [7, 11) is 3.95. The van der Waals surface area contributed by atoms with Gasteiger partial charge in [-0.1, -0.05) is 132 Å². The van der Waals surface area contributed by atoms with E-state index in [2.05, 4.69) is 78.4 Å². The Hall–Kier alpha value is -14.5. The Morgan fingerprint density at radius 2 is 1.08 bits per heavy atom. The number of nitrogens with one attached hydrogen (secondary N) is 15. The van der Waals surface area contributed by atoms with Gasteiger partial charge < -0.3 is 125 Å². The Morgan fingerprint density at radius 3 is 1.69 bits per heavy atom. The maximum atomic E-state index is 16.2. The molecule has 3 saturated heterocycles. The van der Waals surface area contributed by atoms with Gasteiger partial charge in [-0.05, 0) is 117 Å². The lowest BCUT2D eigenvalue weighted by molar-refractivity contribution is -0.149. The summed E-state index contributed by atoms with van der Waals surface area (Å²) in [6.45, 7) is 6.62. The number of carbonyl (C=O) groups excluding carboxylic acids is 17. The van der Waals surface area contributed by atoms with Crippen molar-refractivity contribution in [1.82, 2.24) is 103 Å². The minimum atomic E-state index is -1.88. The summed E-state index contributed by atoms with van der Waals surface area (Å²) in [5, 5.41) is 60.4. The molecule has 10 rings (SSSR count). The van der Waals surface area contributed by atoms with Crippen LogP contribution in [-0.2, 0) is 107 Å². The van der Waals surface area contributed by atoms with Gasteiger partial charge in [-0.15, -0.1) is 11.8 Å². The number of phenolic OH excluding ortho intramolecular Hbond substituents is 1. The van der Waals surface area contributed by atoms with E-state index < -0.39 is 222 Å². The van der Waals surface area contributed by atoms with Crippen LogP contribution < -0.4 is 75.7 Å². The van der Waals surface area contributed by atoms with Gasteiger partial charge in [-0.3, -0.25) is 86.9 Å². The quantitative estimate of drug-likeness (QED) is 0.0180. The molecule has 3 fully saturated rings. The van der Waals surface area contributed by atoms with Crippen molar-refractivity contribution in [1.29, 1.82) is 5.41 Å². The fourth-order valence-corrected chi connectivity index (χ4v) is 18.6. The minimum Gasteiger partial charge on any atom is -0.508 e. The lowest BCUT2D eigenvalue weighted by atomic mass is 9.96. The highest BCUT2D eigenvalue weighted by atomic mass is 32.2. The van der Waals surface area contributed by atoms with Crippen molar-refractivity contribution in [3.63, 3.8) is 0 Å². The van der Waals surface area contributed by atoms with Crippen molar-refractivity contribution in [2.75, 3.05) is 65.4 Å². The van der Waals surface area contributed by atoms with Crippen molar-refractivity contribution >= 4 is 140 Å². The summed E-state index contributed by atoms with van der Waals surface area (Å²) in [6.07, 6.45) is 4.37. The summed E-state index contributed by atoms with van der Waals surface area (Å²) < 4.78 is 0. The first kappa shape index (κ1) is 109. The van der Waals surface area contributed by atoms with E-state index in [1.165, 1.54) is 74.7 Å². The maximum absolute atomic E-state index is 16.2. The molecule has 23 N–H and O–H groups in total. The molecule has 1 unspecified atom stereocenters. The number of primary amides is 2. The minimum absolute atomic E-state index is 0.00243. The van der Waals surface area contributed by atoms with Gasteiger partial charge in [-0.2, -0.15) is 0 Å². The summed E-state index contributed by atoms with van der Waals surface area (Å²) in [5.74, 6) is -17.4. The number of nitrogens with two attached hydrogens (primary N) is 3. The Balaban J connectivity index is 1.04. The topological polar surface area (TPSA) is 641 Å². The largest absolute Gasteiger partial charge is 0.508 e. The number of hydrogen-bond donors (Lipinski definition) is 20. The number of aliphatic hydroxyl groups is 1. The molecule has 0 radical (unpaired) electrons. The number of para-hydroxylation sites is 2. The van der Waals surface area contributed by atoms with Crippen LogP contribution in [0, 0.1) is 11.3 Å². The van der Waals surface area contributed by atoms with E-state index in [1.54, 1.807) is 56.4 Å². The Morgan fingerprint density at radius 1 is 0.532 bits per heavy atom. The summed E-state index contributed by atoms with van der Waals surface area (Å²) in [4.78, 5) is 272. The number of guanidine groups is 1. The van der Waals surface area contributed by atoms with E-state index in [-0.39, 0.29) is 115 Å². The van der Waals surface area contributed by atoms with Crippen LogP contribution in [0.1, 0.15) is 147 Å². The number of imidazole rings is 1. The monoisotopic (exact) mass is 1970 g/mol. The summed E-state index contributed by atoms with van der Waals surface area (Å²) >= 11 is 0.766. The molecule has 6 heterocycles. The standard InChI is InChI=1S/C97H132N24O19S/c1-9-11-30-75-89(133)109-66(29-20-38-103-97(100)101)85(129)116-74(84(128)105-49-80(99)125)51-141-52-81(126)107-70(42-56-34-36-60(123)37-35-56)92(136)117(6)55(5)83(127)112-72(46-79(98)124)95(139)121-40-22-33-77(121)91(135)111-68(44-59-48-102-53-106-59)87(131)113-69(41-54(3)4)94(138)120-39-21-32-76(120)90(134)110-67(43-58-47-104-64-27-18-16-25-61(58)64)86(130)115-73(50-122)88(132)114-71(93(137)119(8)78(31-12-10-2)96(140)118(75)7)45-63-62-26-17-19-28-65(62)108-82(63)57-23-14-13-15-24-57/h13-19,23-28,34-37,47-48,53-55,66-78,104,108,122-123H,9-12,20-22,29-33,38-46,49-52H2,1-8H3,(H2,98,124)(H2,99,125)(H,102,106)(H,105,128)(H,107,126)(H,109,133)(H,110,134)(H,111,135)(H,112,127)(H,113,131)(H,114,132)(H,115,130)(H,116,129)(H4,100,101,103)/t55-,66-,67-,68-,69-,70-,71-,72?,73-,74-,75-,76-,77-,78-/m0/s1. The number of aliphatic hydroxyl groups excluding tert-OH is 1. The molecule has 0 aliphatic carbocycles. The van der Waals surface area contributed by atoms with Crippen LogP contribution >= 0.6 is 11.8 Å². The Bertz CT molecular complexity index is 5600. The molecule has 43 nitrogen and oxygen atoms in total. The lowest BCUT2D eigenvalue weighted by Gasteiger charge is -2.36. The van der Waals surface area contributed by atoms with Crippen LogP contribution in [0.15, 0.2) is 122 Å². The van der Waals surface area contributed by atoms with E-state index in [9.17, 15) is 48.6 Å². The zero-order chi connectivity index (χ0) is 102. The smallest absolute Gasteiger partial charge is 0.246 e. The Kier molecular flexibility index (Phi) is 40.0. The maximum Gasteiger partial charge on any atom is 0.246 e. The molecule has 0 saturated carbocycles. The number of aromatic nitrogens is 4. The molecular formula is C97H132N24O19S. The number of benzene rings is 4.